The molecule has 0 atom stereocenters. The van der Waals surface area contributed by atoms with Crippen LogP contribution in [0.15, 0.2) is 59.5 Å². The maximum atomic E-state index is 12.6. The van der Waals surface area contributed by atoms with Crippen molar-refractivity contribution in [3.8, 4) is 5.75 Å². The third-order valence-electron chi connectivity index (χ3n) is 6.00. The zero-order valence-corrected chi connectivity index (χ0v) is 19.6. The van der Waals surface area contributed by atoms with Gasteiger partial charge in [0.2, 0.25) is 0 Å². The van der Waals surface area contributed by atoms with Crippen LogP contribution < -0.4 is 9.46 Å². The van der Waals surface area contributed by atoms with Crippen molar-refractivity contribution in [3.05, 3.63) is 76.9 Å². The smallest absolute Gasteiger partial charge is 0.260 e. The molecule has 1 fully saturated rings. The Hall–Kier alpha value is -2.50. The van der Waals surface area contributed by atoms with Gasteiger partial charge in [-0.3, -0.25) is 9.52 Å². The van der Waals surface area contributed by atoms with Gasteiger partial charge in [-0.15, -0.1) is 0 Å². The molecule has 5 heteroatoms. The second-order valence-corrected chi connectivity index (χ2v) is 9.08. The summed E-state index contributed by atoms with van der Waals surface area (Å²) in [5.74, 6) is 0.513. The highest BCUT2D eigenvalue weighted by Gasteiger charge is 2.30. The van der Waals surface area contributed by atoms with Crippen molar-refractivity contribution in [1.29, 1.82) is 0 Å². The SMILES string of the molecule is C=C(/C=C\c1c(C)cccc1C)C(=O)NSc1cc(C2(C)CCOCC2)ccc1OC. The Kier molecular flexibility index (Phi) is 7.63. The van der Waals surface area contributed by atoms with E-state index in [1.165, 1.54) is 28.6 Å². The van der Waals surface area contributed by atoms with E-state index in [2.05, 4.69) is 56.3 Å². The van der Waals surface area contributed by atoms with Crippen molar-refractivity contribution < 1.29 is 14.3 Å². The minimum absolute atomic E-state index is 0.0710. The molecule has 0 spiro atoms. The molecule has 0 unspecified atom stereocenters. The van der Waals surface area contributed by atoms with Gasteiger partial charge in [-0.25, -0.2) is 0 Å². The summed E-state index contributed by atoms with van der Waals surface area (Å²) in [6, 6.07) is 12.3. The average molecular weight is 438 g/mol. The fourth-order valence-corrected chi connectivity index (χ4v) is 4.53. The quantitative estimate of drug-likeness (QED) is 0.339. The van der Waals surface area contributed by atoms with Gasteiger partial charge in [0.05, 0.1) is 12.0 Å². The lowest BCUT2D eigenvalue weighted by Crippen LogP contribution is -2.30. The second kappa shape index (κ2) is 10.2. The molecule has 2 aromatic rings. The highest BCUT2D eigenvalue weighted by atomic mass is 32.2. The number of carbonyl (C=O) groups excluding carboxylic acids is 1. The molecule has 1 N–H and O–H groups in total. The van der Waals surface area contributed by atoms with Gasteiger partial charge in [0.1, 0.15) is 5.75 Å². The maximum Gasteiger partial charge on any atom is 0.260 e. The Labute approximate surface area is 189 Å². The van der Waals surface area contributed by atoms with E-state index in [0.29, 0.717) is 5.57 Å². The first-order chi connectivity index (χ1) is 14.8. The fraction of sp³-hybridized carbons (Fsp3) is 0.346. The van der Waals surface area contributed by atoms with Gasteiger partial charge in [-0.2, -0.15) is 0 Å². The molecule has 31 heavy (non-hydrogen) atoms. The minimum atomic E-state index is -0.225. The van der Waals surface area contributed by atoms with Crippen molar-refractivity contribution in [3.63, 3.8) is 0 Å². The molecule has 0 aromatic heterocycles. The standard InChI is InChI=1S/C26H31NO3S/c1-18-7-6-8-19(2)22(18)11-9-20(3)25(28)27-31-24-17-21(10-12-23(24)29-5)26(4)13-15-30-16-14-26/h6-12,17H,3,13-16H2,1-2,4-5H3,(H,27,28)/b11-9-. The molecule has 0 bridgehead atoms. The van der Waals surface area contributed by atoms with Gasteiger partial charge in [0.15, 0.2) is 0 Å². The van der Waals surface area contributed by atoms with Crippen LogP contribution in [-0.4, -0.2) is 26.2 Å². The van der Waals surface area contributed by atoms with E-state index in [9.17, 15) is 4.79 Å². The molecule has 1 aliphatic heterocycles. The molecule has 1 heterocycles. The molecule has 4 nitrogen and oxygen atoms in total. The molecule has 0 radical (unpaired) electrons. The van der Waals surface area contributed by atoms with E-state index in [4.69, 9.17) is 9.47 Å². The van der Waals surface area contributed by atoms with Gasteiger partial charge in [0.25, 0.3) is 5.91 Å². The van der Waals surface area contributed by atoms with Crippen molar-refractivity contribution in [2.75, 3.05) is 20.3 Å². The topological polar surface area (TPSA) is 47.6 Å². The molecule has 1 saturated heterocycles. The van der Waals surface area contributed by atoms with Crippen LogP contribution in [0.5, 0.6) is 5.75 Å². The second-order valence-electron chi connectivity index (χ2n) is 8.24. The van der Waals surface area contributed by atoms with Gasteiger partial charge in [-0.1, -0.05) is 43.8 Å². The van der Waals surface area contributed by atoms with Gasteiger partial charge >= 0.3 is 0 Å². The zero-order valence-electron chi connectivity index (χ0n) is 18.8. The number of carbonyl (C=O) groups is 1. The van der Waals surface area contributed by atoms with E-state index in [-0.39, 0.29) is 11.3 Å². The van der Waals surface area contributed by atoms with Crippen molar-refractivity contribution in [2.24, 2.45) is 0 Å². The Morgan fingerprint density at radius 3 is 2.52 bits per heavy atom. The summed E-state index contributed by atoms with van der Waals surface area (Å²) in [5.41, 5.74) is 5.16. The molecule has 3 rings (SSSR count). The third kappa shape index (κ3) is 5.60. The van der Waals surface area contributed by atoms with E-state index < -0.39 is 0 Å². The number of ether oxygens (including phenoxy) is 2. The van der Waals surface area contributed by atoms with E-state index in [1.807, 2.05) is 18.2 Å². The summed E-state index contributed by atoms with van der Waals surface area (Å²) in [6.45, 7) is 11.9. The first kappa shape index (κ1) is 23.2. The summed E-state index contributed by atoms with van der Waals surface area (Å²) >= 11 is 1.26. The Bertz CT molecular complexity index is 970. The number of rotatable bonds is 7. The lowest BCUT2D eigenvalue weighted by Gasteiger charge is -2.34. The maximum absolute atomic E-state index is 12.6. The summed E-state index contributed by atoms with van der Waals surface area (Å²) in [6.07, 6.45) is 5.68. The van der Waals surface area contributed by atoms with Crippen molar-refractivity contribution in [1.82, 2.24) is 4.72 Å². The van der Waals surface area contributed by atoms with Crippen LogP contribution in [0.4, 0.5) is 0 Å². The first-order valence-corrected chi connectivity index (χ1v) is 11.3. The Morgan fingerprint density at radius 2 is 1.87 bits per heavy atom. The van der Waals surface area contributed by atoms with Gasteiger partial charge < -0.3 is 9.47 Å². The Morgan fingerprint density at radius 1 is 1.19 bits per heavy atom. The van der Waals surface area contributed by atoms with Crippen molar-refractivity contribution >= 4 is 23.9 Å². The summed E-state index contributed by atoms with van der Waals surface area (Å²) < 4.78 is 13.9. The monoisotopic (exact) mass is 437 g/mol. The number of hydrogen-bond donors (Lipinski definition) is 1. The molecule has 1 aliphatic rings. The van der Waals surface area contributed by atoms with Crippen LogP contribution in [0.3, 0.4) is 0 Å². The number of methoxy groups -OCH3 is 1. The molecule has 1 amide bonds. The summed E-state index contributed by atoms with van der Waals surface area (Å²) in [4.78, 5) is 13.5. The molecule has 0 aliphatic carbocycles. The fourth-order valence-electron chi connectivity index (χ4n) is 3.76. The highest BCUT2D eigenvalue weighted by Crippen LogP contribution is 2.38. The number of aryl methyl sites for hydroxylation is 2. The number of amides is 1. The predicted molar refractivity (Wildman–Crippen MR) is 128 cm³/mol. The molecular weight excluding hydrogens is 406 g/mol. The van der Waals surface area contributed by atoms with Gasteiger partial charge in [0, 0.05) is 18.8 Å². The van der Waals surface area contributed by atoms with E-state index in [1.54, 1.807) is 13.2 Å². The number of nitrogens with one attached hydrogen (secondary N) is 1. The largest absolute Gasteiger partial charge is 0.496 e. The Balaban J connectivity index is 1.69. The van der Waals surface area contributed by atoms with E-state index in [0.717, 1.165) is 42.3 Å². The van der Waals surface area contributed by atoms with Crippen LogP contribution in [0, 0.1) is 13.8 Å². The van der Waals surface area contributed by atoms with Crippen LogP contribution in [-0.2, 0) is 14.9 Å². The van der Waals surface area contributed by atoms with E-state index >= 15 is 0 Å². The van der Waals surface area contributed by atoms with Crippen molar-refractivity contribution in [2.45, 2.75) is 43.9 Å². The highest BCUT2D eigenvalue weighted by molar-refractivity contribution is 7.98. The average Bonchev–Trinajstić information content (AvgIpc) is 2.77. The molecule has 164 valence electrons. The van der Waals surface area contributed by atoms with Crippen LogP contribution >= 0.6 is 11.9 Å². The summed E-state index contributed by atoms with van der Waals surface area (Å²) in [7, 11) is 1.64. The molecular formula is C26H31NO3S. The molecule has 0 saturated carbocycles. The minimum Gasteiger partial charge on any atom is -0.496 e. The molecule has 2 aromatic carbocycles. The normalized spacial score (nSPS) is 15.6. The van der Waals surface area contributed by atoms with Gasteiger partial charge in [-0.05, 0) is 84.5 Å². The predicted octanol–water partition coefficient (Wildman–Crippen LogP) is 5.77. The number of benzene rings is 2. The van der Waals surface area contributed by atoms with Crippen LogP contribution in [0.2, 0.25) is 0 Å². The zero-order chi connectivity index (χ0) is 22.4. The lowest BCUT2D eigenvalue weighted by atomic mass is 9.76. The first-order valence-electron chi connectivity index (χ1n) is 10.5. The third-order valence-corrected chi connectivity index (χ3v) is 6.82. The van der Waals surface area contributed by atoms with Crippen LogP contribution in [0.1, 0.15) is 42.0 Å². The summed E-state index contributed by atoms with van der Waals surface area (Å²) in [5, 5.41) is 0. The van der Waals surface area contributed by atoms with Crippen LogP contribution in [0.25, 0.3) is 6.08 Å². The lowest BCUT2D eigenvalue weighted by molar-refractivity contribution is -0.115. The number of hydrogen-bond acceptors (Lipinski definition) is 4.